The van der Waals surface area contributed by atoms with E-state index in [1.165, 1.54) is 11.3 Å². The number of oxazole rings is 1. The molecule has 5 nitrogen and oxygen atoms in total. The fourth-order valence-electron chi connectivity index (χ4n) is 3.46. The number of carbonyl (C=O) groups is 1. The van der Waals surface area contributed by atoms with Crippen molar-refractivity contribution in [3.05, 3.63) is 68.8 Å². The quantitative estimate of drug-likeness (QED) is 0.613. The van der Waals surface area contributed by atoms with Crippen molar-refractivity contribution in [2.45, 2.75) is 38.6 Å². The molecular formula is C20H20ClN3O2S. The van der Waals surface area contributed by atoms with Gasteiger partial charge in [0.1, 0.15) is 16.7 Å². The first kappa shape index (κ1) is 18.2. The number of thiazole rings is 1. The highest BCUT2D eigenvalue weighted by molar-refractivity contribution is 7.11. The van der Waals surface area contributed by atoms with Crippen LogP contribution in [0.1, 0.15) is 57.9 Å². The maximum atomic E-state index is 13.0. The summed E-state index contributed by atoms with van der Waals surface area (Å²) in [5, 5.41) is 0.714. The van der Waals surface area contributed by atoms with Gasteiger partial charge in [0.05, 0.1) is 17.4 Å². The van der Waals surface area contributed by atoms with E-state index in [-0.39, 0.29) is 11.9 Å². The Hall–Kier alpha value is -2.18. The zero-order valence-electron chi connectivity index (χ0n) is 15.0. The summed E-state index contributed by atoms with van der Waals surface area (Å²) in [6, 6.07) is 7.58. The van der Waals surface area contributed by atoms with E-state index < -0.39 is 0 Å². The van der Waals surface area contributed by atoms with Gasteiger partial charge in [-0.25, -0.2) is 9.97 Å². The molecule has 1 aliphatic heterocycles. The molecule has 140 valence electrons. The third kappa shape index (κ3) is 3.77. The second-order valence-corrected chi connectivity index (χ2v) is 7.97. The predicted octanol–water partition coefficient (Wildman–Crippen LogP) is 5.05. The molecule has 3 heterocycles. The van der Waals surface area contributed by atoms with Gasteiger partial charge in [-0.05, 0) is 37.8 Å². The van der Waals surface area contributed by atoms with E-state index in [0.29, 0.717) is 28.8 Å². The number of amides is 1. The van der Waals surface area contributed by atoms with Gasteiger partial charge in [-0.15, -0.1) is 11.3 Å². The number of nitrogens with zero attached hydrogens (tertiary/aromatic N) is 3. The normalized spacial score (nSPS) is 17.3. The number of carbonyl (C=O) groups excluding carboxylic acids is 1. The molecule has 0 bridgehead atoms. The molecule has 1 aliphatic rings. The number of piperidine rings is 1. The Morgan fingerprint density at radius 2 is 2.19 bits per heavy atom. The van der Waals surface area contributed by atoms with Crippen LogP contribution in [-0.4, -0.2) is 27.3 Å². The predicted molar refractivity (Wildman–Crippen MR) is 105 cm³/mol. The molecule has 27 heavy (non-hydrogen) atoms. The summed E-state index contributed by atoms with van der Waals surface area (Å²) in [5.41, 5.74) is 3.49. The average molecular weight is 402 g/mol. The molecule has 0 aliphatic carbocycles. The molecule has 2 aromatic heterocycles. The van der Waals surface area contributed by atoms with Crippen molar-refractivity contribution in [2.24, 2.45) is 0 Å². The van der Waals surface area contributed by atoms with E-state index >= 15 is 0 Å². The Balaban J connectivity index is 1.56. The van der Waals surface area contributed by atoms with Crippen LogP contribution in [0.2, 0.25) is 5.02 Å². The first-order valence-corrected chi connectivity index (χ1v) is 10.3. The molecule has 4 rings (SSSR count). The van der Waals surface area contributed by atoms with Crippen molar-refractivity contribution in [3.8, 4) is 0 Å². The van der Waals surface area contributed by atoms with E-state index in [2.05, 4.69) is 9.97 Å². The van der Waals surface area contributed by atoms with E-state index in [1.54, 1.807) is 11.7 Å². The Morgan fingerprint density at radius 1 is 1.33 bits per heavy atom. The summed E-state index contributed by atoms with van der Waals surface area (Å²) in [5.74, 6) is 1.38. The van der Waals surface area contributed by atoms with Crippen molar-refractivity contribution in [1.29, 1.82) is 0 Å². The second-order valence-electron chi connectivity index (χ2n) is 6.71. The highest BCUT2D eigenvalue weighted by Crippen LogP contribution is 2.33. The number of likely N-dealkylation sites (tertiary alicyclic amines) is 1. The first-order chi connectivity index (χ1) is 13.1. The minimum atomic E-state index is -0.132. The molecule has 0 N–H and O–H groups in total. The lowest BCUT2D eigenvalue weighted by molar-refractivity contribution is 0.0574. The fourth-order valence-corrected chi connectivity index (χ4v) is 4.42. The number of hydrogen-bond donors (Lipinski definition) is 0. The number of aryl methyl sites for hydroxylation is 1. The van der Waals surface area contributed by atoms with Crippen molar-refractivity contribution >= 4 is 28.8 Å². The number of rotatable bonds is 4. The van der Waals surface area contributed by atoms with Crippen LogP contribution in [0.5, 0.6) is 0 Å². The molecule has 0 radical (unpaired) electrons. The van der Waals surface area contributed by atoms with Gasteiger partial charge in [0.15, 0.2) is 0 Å². The molecular weight excluding hydrogens is 382 g/mol. The molecule has 1 aromatic carbocycles. The Kier molecular flexibility index (Phi) is 5.27. The topological polar surface area (TPSA) is 59.2 Å². The molecule has 7 heteroatoms. The van der Waals surface area contributed by atoms with Gasteiger partial charge in [0.25, 0.3) is 5.91 Å². The number of benzene rings is 1. The second kappa shape index (κ2) is 7.82. The summed E-state index contributed by atoms with van der Waals surface area (Å²) in [6.07, 6.45) is 5.23. The van der Waals surface area contributed by atoms with Crippen molar-refractivity contribution < 1.29 is 9.21 Å². The van der Waals surface area contributed by atoms with Crippen LogP contribution in [0.15, 0.2) is 40.4 Å². The van der Waals surface area contributed by atoms with Crippen molar-refractivity contribution in [2.75, 3.05) is 6.54 Å². The lowest BCUT2D eigenvalue weighted by Crippen LogP contribution is -2.38. The summed E-state index contributed by atoms with van der Waals surface area (Å²) in [6.45, 7) is 2.58. The number of aromatic nitrogens is 2. The maximum absolute atomic E-state index is 13.0. The van der Waals surface area contributed by atoms with E-state index in [9.17, 15) is 4.79 Å². The first-order valence-electron chi connectivity index (χ1n) is 9.02. The molecule has 1 atom stereocenters. The lowest BCUT2D eigenvalue weighted by atomic mass is 10.0. The summed E-state index contributed by atoms with van der Waals surface area (Å²) >= 11 is 7.64. The highest BCUT2D eigenvalue weighted by atomic mass is 35.5. The molecule has 0 spiro atoms. The van der Waals surface area contributed by atoms with Crippen LogP contribution in [-0.2, 0) is 6.42 Å². The average Bonchev–Trinajstić information content (AvgIpc) is 3.32. The van der Waals surface area contributed by atoms with Gasteiger partial charge in [-0.1, -0.05) is 29.8 Å². The lowest BCUT2D eigenvalue weighted by Gasteiger charge is -2.33. The number of hydrogen-bond acceptors (Lipinski definition) is 5. The Bertz CT molecular complexity index is 952. The van der Waals surface area contributed by atoms with Gasteiger partial charge in [-0.2, -0.15) is 0 Å². The van der Waals surface area contributed by atoms with Gasteiger partial charge < -0.3 is 9.32 Å². The van der Waals surface area contributed by atoms with Crippen LogP contribution in [0.3, 0.4) is 0 Å². The zero-order valence-corrected chi connectivity index (χ0v) is 16.6. The van der Waals surface area contributed by atoms with Gasteiger partial charge >= 0.3 is 0 Å². The summed E-state index contributed by atoms with van der Waals surface area (Å²) < 4.78 is 6.03. The van der Waals surface area contributed by atoms with E-state index in [4.69, 9.17) is 16.0 Å². The standard InChI is InChI=1S/C20H20ClN3O2S/c1-13-18(27-12-23-13)20(25)24-9-5-4-8-17(24)19-22-11-15(26-19)10-14-6-2-3-7-16(14)21/h2-3,6-7,11-12,17H,4-5,8-10H2,1H3. The summed E-state index contributed by atoms with van der Waals surface area (Å²) in [7, 11) is 0. The molecule has 1 amide bonds. The van der Waals surface area contributed by atoms with Crippen LogP contribution >= 0.6 is 22.9 Å². The van der Waals surface area contributed by atoms with Crippen LogP contribution in [0.25, 0.3) is 0 Å². The third-order valence-corrected chi connectivity index (χ3v) is 6.17. The largest absolute Gasteiger partial charge is 0.443 e. The van der Waals surface area contributed by atoms with Gasteiger partial charge in [-0.3, -0.25) is 4.79 Å². The monoisotopic (exact) mass is 401 g/mol. The minimum absolute atomic E-state index is 0.0190. The van der Waals surface area contributed by atoms with Gasteiger partial charge in [0.2, 0.25) is 5.89 Å². The maximum Gasteiger partial charge on any atom is 0.266 e. The van der Waals surface area contributed by atoms with E-state index in [0.717, 1.165) is 36.3 Å². The van der Waals surface area contributed by atoms with Crippen molar-refractivity contribution in [1.82, 2.24) is 14.9 Å². The molecule has 1 unspecified atom stereocenters. The molecule has 3 aromatic rings. The summed E-state index contributed by atoms with van der Waals surface area (Å²) in [4.78, 5) is 24.3. The van der Waals surface area contributed by atoms with Crippen LogP contribution < -0.4 is 0 Å². The molecule has 1 fully saturated rings. The molecule has 1 saturated heterocycles. The minimum Gasteiger partial charge on any atom is -0.443 e. The third-order valence-electron chi connectivity index (χ3n) is 4.88. The van der Waals surface area contributed by atoms with E-state index in [1.807, 2.05) is 36.1 Å². The SMILES string of the molecule is Cc1ncsc1C(=O)N1CCCCC1c1ncc(Cc2ccccc2Cl)o1. The highest BCUT2D eigenvalue weighted by Gasteiger charge is 2.33. The van der Waals surface area contributed by atoms with Crippen LogP contribution in [0.4, 0.5) is 0 Å². The number of halogens is 1. The Labute approximate surface area is 167 Å². The smallest absolute Gasteiger partial charge is 0.266 e. The Morgan fingerprint density at radius 3 is 2.96 bits per heavy atom. The van der Waals surface area contributed by atoms with Gasteiger partial charge in [0, 0.05) is 18.0 Å². The van der Waals surface area contributed by atoms with Crippen LogP contribution in [0, 0.1) is 6.92 Å². The van der Waals surface area contributed by atoms with Crippen molar-refractivity contribution in [3.63, 3.8) is 0 Å². The molecule has 0 saturated carbocycles. The zero-order chi connectivity index (χ0) is 18.8. The fraction of sp³-hybridized carbons (Fsp3) is 0.350.